The maximum Gasteiger partial charge on any atom is 0.254 e. The van der Waals surface area contributed by atoms with Crippen molar-refractivity contribution in [1.82, 2.24) is 14.7 Å². The van der Waals surface area contributed by atoms with Crippen molar-refractivity contribution in [2.24, 2.45) is 5.73 Å². The van der Waals surface area contributed by atoms with E-state index < -0.39 is 5.82 Å². The third-order valence-corrected chi connectivity index (χ3v) is 5.78. The van der Waals surface area contributed by atoms with Crippen LogP contribution in [0.1, 0.15) is 47.3 Å². The van der Waals surface area contributed by atoms with Gasteiger partial charge in [0.05, 0.1) is 21.8 Å². The highest BCUT2D eigenvalue weighted by molar-refractivity contribution is 7.09. The van der Waals surface area contributed by atoms with Crippen molar-refractivity contribution in [2.45, 2.75) is 51.2 Å². The van der Waals surface area contributed by atoms with Gasteiger partial charge in [0.1, 0.15) is 0 Å². The van der Waals surface area contributed by atoms with Crippen LogP contribution in [0.4, 0.5) is 10.2 Å². The molecule has 2 aromatic rings. The molecule has 0 saturated heterocycles. The van der Waals surface area contributed by atoms with E-state index in [0.29, 0.717) is 16.8 Å². The van der Waals surface area contributed by atoms with Crippen molar-refractivity contribution in [2.75, 3.05) is 5.32 Å². The number of aromatic nitrogens is 2. The Kier molecular flexibility index (Phi) is 4.16. The van der Waals surface area contributed by atoms with Crippen LogP contribution < -0.4 is 16.4 Å². The van der Waals surface area contributed by atoms with E-state index in [2.05, 4.69) is 20.0 Å². The summed E-state index contributed by atoms with van der Waals surface area (Å²) in [6.45, 7) is 2.06. The second kappa shape index (κ2) is 6.34. The number of pyridine rings is 1. The molecule has 1 aliphatic heterocycles. The standard InChI is InChI=1S/C17H20FN5OS/c1-8-6-12(25-23-8)15-13-9(7-20-17(13)24)14(18)16(22-15)21-11-5-3-2-4-10(11)19/h6,10-11H,2-5,7,19H2,1H3,(H,20,24)(H,21,22)/t10-,11+/m0/s1. The number of nitrogens with one attached hydrogen (secondary N) is 2. The summed E-state index contributed by atoms with van der Waals surface area (Å²) in [6.07, 6.45) is 3.98. The molecule has 8 heteroatoms. The summed E-state index contributed by atoms with van der Waals surface area (Å²) in [6, 6.07) is 1.85. The average Bonchev–Trinajstić information content (AvgIpc) is 3.19. The molecule has 3 heterocycles. The van der Waals surface area contributed by atoms with Crippen LogP contribution in [0.5, 0.6) is 0 Å². The van der Waals surface area contributed by atoms with E-state index in [1.807, 2.05) is 13.0 Å². The van der Waals surface area contributed by atoms with E-state index in [9.17, 15) is 9.18 Å². The molecule has 1 saturated carbocycles. The van der Waals surface area contributed by atoms with Crippen LogP contribution in [-0.2, 0) is 6.54 Å². The Balaban J connectivity index is 1.79. The predicted octanol–water partition coefficient (Wildman–Crippen LogP) is 2.58. The highest BCUT2D eigenvalue weighted by Gasteiger charge is 2.32. The summed E-state index contributed by atoms with van der Waals surface area (Å²) >= 11 is 1.26. The van der Waals surface area contributed by atoms with E-state index in [-0.39, 0.29) is 30.4 Å². The van der Waals surface area contributed by atoms with E-state index in [0.717, 1.165) is 36.3 Å². The van der Waals surface area contributed by atoms with Crippen LogP contribution in [0.15, 0.2) is 6.07 Å². The number of nitrogens with zero attached hydrogens (tertiary/aromatic N) is 2. The van der Waals surface area contributed by atoms with Crippen molar-refractivity contribution in [3.05, 3.63) is 28.7 Å². The molecule has 1 amide bonds. The van der Waals surface area contributed by atoms with Crippen LogP contribution in [0.2, 0.25) is 0 Å². The van der Waals surface area contributed by atoms with Crippen molar-refractivity contribution in [1.29, 1.82) is 0 Å². The molecule has 0 aromatic carbocycles. The van der Waals surface area contributed by atoms with Gasteiger partial charge in [-0.1, -0.05) is 12.8 Å². The molecule has 2 aliphatic rings. The summed E-state index contributed by atoms with van der Waals surface area (Å²) < 4.78 is 19.2. The van der Waals surface area contributed by atoms with Crippen LogP contribution >= 0.6 is 11.5 Å². The Morgan fingerprint density at radius 1 is 1.40 bits per heavy atom. The Morgan fingerprint density at radius 3 is 2.92 bits per heavy atom. The number of hydrogen-bond donors (Lipinski definition) is 3. The number of fused-ring (bicyclic) bond motifs is 1. The zero-order chi connectivity index (χ0) is 17.6. The average molecular weight is 361 g/mol. The SMILES string of the molecule is Cc1cc(-c2nc(N[C@@H]3CCCC[C@@H]3N)c(F)c3c2C(=O)NC3)sn1. The Morgan fingerprint density at radius 2 is 2.20 bits per heavy atom. The van der Waals surface area contributed by atoms with Crippen molar-refractivity contribution < 1.29 is 9.18 Å². The number of amides is 1. The van der Waals surface area contributed by atoms with Crippen LogP contribution in [0, 0.1) is 12.7 Å². The second-order valence-corrected chi connectivity index (χ2v) is 7.50. The van der Waals surface area contributed by atoms with E-state index in [1.54, 1.807) is 0 Å². The molecule has 4 rings (SSSR count). The van der Waals surface area contributed by atoms with Gasteiger partial charge in [0, 0.05) is 24.2 Å². The molecule has 0 bridgehead atoms. The fourth-order valence-electron chi connectivity index (χ4n) is 3.54. The molecule has 0 spiro atoms. The molecule has 0 unspecified atom stereocenters. The van der Waals surface area contributed by atoms with E-state index in [4.69, 9.17) is 5.73 Å². The molecule has 1 aliphatic carbocycles. The van der Waals surface area contributed by atoms with Gasteiger partial charge in [-0.25, -0.2) is 9.37 Å². The highest BCUT2D eigenvalue weighted by atomic mass is 32.1. The summed E-state index contributed by atoms with van der Waals surface area (Å²) in [7, 11) is 0. The number of carbonyl (C=O) groups excluding carboxylic acids is 1. The third-order valence-electron chi connectivity index (χ3n) is 4.89. The molecular weight excluding hydrogens is 341 g/mol. The topological polar surface area (TPSA) is 92.9 Å². The molecule has 0 radical (unpaired) electrons. The maximum atomic E-state index is 15.0. The normalized spacial score (nSPS) is 22.6. The largest absolute Gasteiger partial charge is 0.363 e. The molecule has 25 heavy (non-hydrogen) atoms. The molecule has 6 nitrogen and oxygen atoms in total. The van der Waals surface area contributed by atoms with E-state index >= 15 is 0 Å². The van der Waals surface area contributed by atoms with Crippen molar-refractivity contribution >= 4 is 23.3 Å². The predicted molar refractivity (Wildman–Crippen MR) is 95.1 cm³/mol. The number of halogens is 1. The zero-order valence-corrected chi connectivity index (χ0v) is 14.8. The number of rotatable bonds is 3. The minimum atomic E-state index is -0.462. The molecule has 2 aromatic heterocycles. The zero-order valence-electron chi connectivity index (χ0n) is 13.9. The van der Waals surface area contributed by atoms with Gasteiger partial charge in [0.15, 0.2) is 11.6 Å². The molecular formula is C17H20FN5OS. The van der Waals surface area contributed by atoms with Crippen LogP contribution in [0.25, 0.3) is 10.6 Å². The lowest BCUT2D eigenvalue weighted by Crippen LogP contribution is -2.43. The minimum Gasteiger partial charge on any atom is -0.363 e. The number of nitrogens with two attached hydrogens (primary N) is 1. The van der Waals surface area contributed by atoms with Crippen molar-refractivity contribution in [3.8, 4) is 10.6 Å². The van der Waals surface area contributed by atoms with Gasteiger partial charge in [0.25, 0.3) is 5.91 Å². The Hall–Kier alpha value is -2.06. The number of aryl methyl sites for hydroxylation is 1. The van der Waals surface area contributed by atoms with Crippen molar-refractivity contribution in [3.63, 3.8) is 0 Å². The quantitative estimate of drug-likeness (QED) is 0.781. The van der Waals surface area contributed by atoms with E-state index in [1.165, 1.54) is 11.5 Å². The maximum absolute atomic E-state index is 15.0. The number of hydrogen-bond acceptors (Lipinski definition) is 6. The second-order valence-electron chi connectivity index (χ2n) is 6.69. The summed E-state index contributed by atoms with van der Waals surface area (Å²) in [5.41, 5.74) is 8.20. The van der Waals surface area contributed by atoms with Gasteiger partial charge in [-0.3, -0.25) is 4.79 Å². The molecule has 2 atom stereocenters. The lowest BCUT2D eigenvalue weighted by Gasteiger charge is -2.30. The first kappa shape index (κ1) is 16.4. The first-order chi connectivity index (χ1) is 12.0. The monoisotopic (exact) mass is 361 g/mol. The van der Waals surface area contributed by atoms with Gasteiger partial charge in [-0.2, -0.15) is 4.37 Å². The van der Waals surface area contributed by atoms with Gasteiger partial charge in [-0.15, -0.1) is 0 Å². The Bertz CT molecular complexity index is 837. The lowest BCUT2D eigenvalue weighted by molar-refractivity contribution is 0.0966. The number of anilines is 1. The summed E-state index contributed by atoms with van der Waals surface area (Å²) in [5, 5.41) is 5.89. The first-order valence-electron chi connectivity index (χ1n) is 8.51. The molecule has 4 N–H and O–H groups in total. The highest BCUT2D eigenvalue weighted by Crippen LogP contribution is 2.35. The van der Waals surface area contributed by atoms with Gasteiger partial charge >= 0.3 is 0 Å². The molecule has 1 fully saturated rings. The Labute approximate surface area is 149 Å². The fraction of sp³-hybridized carbons (Fsp3) is 0.471. The molecule has 132 valence electrons. The first-order valence-corrected chi connectivity index (χ1v) is 9.28. The van der Waals surface area contributed by atoms with Gasteiger partial charge < -0.3 is 16.4 Å². The number of carbonyl (C=O) groups is 1. The minimum absolute atomic E-state index is 0.00471. The smallest absolute Gasteiger partial charge is 0.254 e. The summed E-state index contributed by atoms with van der Waals surface area (Å²) in [5.74, 6) is -0.571. The summed E-state index contributed by atoms with van der Waals surface area (Å²) in [4.78, 5) is 17.4. The lowest BCUT2D eigenvalue weighted by atomic mass is 9.91. The van der Waals surface area contributed by atoms with Crippen LogP contribution in [0.3, 0.4) is 0 Å². The van der Waals surface area contributed by atoms with Gasteiger partial charge in [0.2, 0.25) is 0 Å². The fourth-order valence-corrected chi connectivity index (χ4v) is 4.30. The van der Waals surface area contributed by atoms with Crippen LogP contribution in [-0.4, -0.2) is 27.3 Å². The van der Waals surface area contributed by atoms with Gasteiger partial charge in [-0.05, 0) is 37.4 Å². The third kappa shape index (κ3) is 2.89.